The minimum Gasteiger partial charge on any atom is -0.474 e. The Morgan fingerprint density at radius 1 is 1.28 bits per heavy atom. The van der Waals surface area contributed by atoms with Gasteiger partial charge in [-0.2, -0.15) is 0 Å². The summed E-state index contributed by atoms with van der Waals surface area (Å²) in [5.74, 6) is 1.61. The first-order chi connectivity index (χ1) is 8.71. The number of nitrogens with zero attached hydrogens (tertiary/aromatic N) is 1. The molecule has 0 bridgehead atoms. The Morgan fingerprint density at radius 2 is 2.00 bits per heavy atom. The zero-order chi connectivity index (χ0) is 13.0. The molecule has 0 aliphatic heterocycles. The van der Waals surface area contributed by atoms with Gasteiger partial charge in [-0.3, -0.25) is 0 Å². The van der Waals surface area contributed by atoms with Gasteiger partial charge in [0.2, 0.25) is 5.88 Å². The molecule has 3 nitrogen and oxygen atoms in total. The number of pyridine rings is 1. The van der Waals surface area contributed by atoms with Gasteiger partial charge >= 0.3 is 0 Å². The largest absolute Gasteiger partial charge is 0.474 e. The van der Waals surface area contributed by atoms with Gasteiger partial charge in [-0.15, -0.1) is 0 Å². The Kier molecular flexibility index (Phi) is 4.59. The van der Waals surface area contributed by atoms with Crippen molar-refractivity contribution in [2.75, 3.05) is 0 Å². The van der Waals surface area contributed by atoms with E-state index >= 15 is 0 Å². The van der Waals surface area contributed by atoms with E-state index < -0.39 is 0 Å². The van der Waals surface area contributed by atoms with Gasteiger partial charge in [0.25, 0.3) is 0 Å². The van der Waals surface area contributed by atoms with Crippen molar-refractivity contribution in [2.24, 2.45) is 11.7 Å². The topological polar surface area (TPSA) is 48.1 Å². The van der Waals surface area contributed by atoms with Crippen LogP contribution in [-0.2, 0) is 13.0 Å². The van der Waals surface area contributed by atoms with E-state index in [-0.39, 0.29) is 0 Å². The van der Waals surface area contributed by atoms with E-state index in [1.165, 1.54) is 12.8 Å². The van der Waals surface area contributed by atoms with Crippen LogP contribution < -0.4 is 10.5 Å². The monoisotopic (exact) mass is 248 g/mol. The van der Waals surface area contributed by atoms with Crippen molar-refractivity contribution in [1.82, 2.24) is 4.98 Å². The van der Waals surface area contributed by atoms with Gasteiger partial charge in [0.15, 0.2) is 0 Å². The summed E-state index contributed by atoms with van der Waals surface area (Å²) in [6, 6.07) is 4.05. The fraction of sp³-hybridized carbons (Fsp3) is 0.667. The Bertz CT molecular complexity index is 362. The molecule has 3 heteroatoms. The Morgan fingerprint density at radius 3 is 2.61 bits per heavy atom. The Hall–Kier alpha value is -1.09. The molecule has 1 aliphatic rings. The first kappa shape index (κ1) is 13.3. The molecular formula is C15H24N2O. The van der Waals surface area contributed by atoms with E-state index in [9.17, 15) is 0 Å². The van der Waals surface area contributed by atoms with Crippen LogP contribution in [0, 0.1) is 5.92 Å². The highest BCUT2D eigenvalue weighted by atomic mass is 16.5. The van der Waals surface area contributed by atoms with E-state index in [2.05, 4.69) is 24.9 Å². The first-order valence-electron chi connectivity index (χ1n) is 7.07. The van der Waals surface area contributed by atoms with E-state index in [4.69, 9.17) is 10.5 Å². The van der Waals surface area contributed by atoms with Crippen LogP contribution in [-0.4, -0.2) is 11.1 Å². The zero-order valence-corrected chi connectivity index (χ0v) is 11.5. The molecule has 0 unspecified atom stereocenters. The fourth-order valence-electron chi connectivity index (χ4n) is 2.50. The van der Waals surface area contributed by atoms with Crippen LogP contribution in [0.15, 0.2) is 12.1 Å². The minimum absolute atomic E-state index is 0.339. The van der Waals surface area contributed by atoms with E-state index in [0.29, 0.717) is 12.6 Å². The van der Waals surface area contributed by atoms with Crippen molar-refractivity contribution in [3.8, 4) is 5.88 Å². The van der Waals surface area contributed by atoms with Crippen molar-refractivity contribution in [3.05, 3.63) is 23.4 Å². The van der Waals surface area contributed by atoms with Crippen LogP contribution in [0.1, 0.15) is 50.8 Å². The molecule has 1 aromatic rings. The number of rotatable bonds is 4. The highest BCUT2D eigenvalue weighted by Crippen LogP contribution is 2.27. The second-order valence-corrected chi connectivity index (χ2v) is 5.36. The van der Waals surface area contributed by atoms with E-state index in [1.807, 2.05) is 6.07 Å². The number of aryl methyl sites for hydroxylation is 1. The number of ether oxygens (including phenoxy) is 1. The molecule has 1 heterocycles. The molecule has 1 aromatic heterocycles. The maximum atomic E-state index is 6.02. The first-order valence-corrected chi connectivity index (χ1v) is 7.07. The molecule has 1 aliphatic carbocycles. The third-order valence-electron chi connectivity index (χ3n) is 3.76. The average molecular weight is 248 g/mol. The van der Waals surface area contributed by atoms with Crippen LogP contribution in [0.5, 0.6) is 5.88 Å². The SMILES string of the molecule is CCc1cc(CN)cc(OC2CCC(C)CC2)n1. The Labute approximate surface area is 110 Å². The molecule has 100 valence electrons. The third-order valence-corrected chi connectivity index (χ3v) is 3.76. The van der Waals surface area contributed by atoms with Crippen LogP contribution in [0.4, 0.5) is 0 Å². The maximum absolute atomic E-state index is 6.02. The average Bonchev–Trinajstić information content (AvgIpc) is 2.41. The summed E-state index contributed by atoms with van der Waals surface area (Å²) >= 11 is 0. The lowest BCUT2D eigenvalue weighted by atomic mass is 9.89. The molecule has 0 aromatic carbocycles. The second-order valence-electron chi connectivity index (χ2n) is 5.36. The number of hydrogen-bond acceptors (Lipinski definition) is 3. The van der Waals surface area contributed by atoms with Gasteiger partial charge in [-0.25, -0.2) is 4.98 Å². The molecule has 0 saturated heterocycles. The van der Waals surface area contributed by atoms with Crippen molar-refractivity contribution >= 4 is 0 Å². The summed E-state index contributed by atoms with van der Waals surface area (Å²) in [6.45, 7) is 4.97. The van der Waals surface area contributed by atoms with Crippen LogP contribution >= 0.6 is 0 Å². The number of nitrogens with two attached hydrogens (primary N) is 1. The third kappa shape index (κ3) is 3.45. The lowest BCUT2D eigenvalue weighted by molar-refractivity contribution is 0.130. The predicted molar refractivity (Wildman–Crippen MR) is 73.6 cm³/mol. The quantitative estimate of drug-likeness (QED) is 0.891. The van der Waals surface area contributed by atoms with Gasteiger partial charge in [0, 0.05) is 18.3 Å². The second kappa shape index (κ2) is 6.19. The lowest BCUT2D eigenvalue weighted by Crippen LogP contribution is -2.23. The molecule has 18 heavy (non-hydrogen) atoms. The van der Waals surface area contributed by atoms with Gasteiger partial charge in [-0.05, 0) is 49.7 Å². The Balaban J connectivity index is 2.03. The molecular weight excluding hydrogens is 224 g/mol. The van der Waals surface area contributed by atoms with Crippen LogP contribution in [0.2, 0.25) is 0 Å². The zero-order valence-electron chi connectivity index (χ0n) is 11.5. The summed E-state index contributed by atoms with van der Waals surface area (Å²) in [5, 5.41) is 0. The fourth-order valence-corrected chi connectivity index (χ4v) is 2.50. The van der Waals surface area contributed by atoms with Gasteiger partial charge in [0.1, 0.15) is 6.10 Å². The smallest absolute Gasteiger partial charge is 0.214 e. The highest BCUT2D eigenvalue weighted by molar-refractivity contribution is 5.25. The summed E-state index contributed by atoms with van der Waals surface area (Å²) in [7, 11) is 0. The molecule has 0 radical (unpaired) electrons. The van der Waals surface area contributed by atoms with Gasteiger partial charge < -0.3 is 10.5 Å². The lowest BCUT2D eigenvalue weighted by Gasteiger charge is -2.26. The van der Waals surface area contributed by atoms with Gasteiger partial charge in [0.05, 0.1) is 0 Å². The van der Waals surface area contributed by atoms with E-state index in [1.54, 1.807) is 0 Å². The molecule has 0 atom stereocenters. The minimum atomic E-state index is 0.339. The number of hydrogen-bond donors (Lipinski definition) is 1. The molecule has 2 rings (SSSR count). The summed E-state index contributed by atoms with van der Waals surface area (Å²) < 4.78 is 6.02. The standard InChI is InChI=1S/C15H24N2O/c1-3-13-8-12(10-16)9-15(17-13)18-14-6-4-11(2)5-7-14/h8-9,11,14H,3-7,10,16H2,1-2H3. The summed E-state index contributed by atoms with van der Waals surface area (Å²) in [6.07, 6.45) is 6.09. The molecule has 2 N–H and O–H groups in total. The number of aromatic nitrogens is 1. The van der Waals surface area contributed by atoms with Crippen molar-refractivity contribution in [2.45, 2.75) is 58.6 Å². The molecule has 0 spiro atoms. The summed E-state index contributed by atoms with van der Waals surface area (Å²) in [5.41, 5.74) is 7.89. The summed E-state index contributed by atoms with van der Waals surface area (Å²) in [4.78, 5) is 4.54. The van der Waals surface area contributed by atoms with E-state index in [0.717, 1.165) is 42.3 Å². The maximum Gasteiger partial charge on any atom is 0.214 e. The van der Waals surface area contributed by atoms with Gasteiger partial charge in [-0.1, -0.05) is 13.8 Å². The van der Waals surface area contributed by atoms with Crippen LogP contribution in [0.25, 0.3) is 0 Å². The molecule has 0 amide bonds. The molecule has 1 saturated carbocycles. The highest BCUT2D eigenvalue weighted by Gasteiger charge is 2.20. The van der Waals surface area contributed by atoms with Crippen molar-refractivity contribution in [1.29, 1.82) is 0 Å². The predicted octanol–water partition coefficient (Wildman–Crippen LogP) is 3.06. The van der Waals surface area contributed by atoms with Crippen molar-refractivity contribution < 1.29 is 4.74 Å². The van der Waals surface area contributed by atoms with Crippen LogP contribution in [0.3, 0.4) is 0 Å². The normalized spacial score (nSPS) is 23.9. The molecule has 1 fully saturated rings. The van der Waals surface area contributed by atoms with Crippen molar-refractivity contribution in [3.63, 3.8) is 0 Å².